The van der Waals surface area contributed by atoms with Gasteiger partial charge in [0.25, 0.3) is 6.33 Å². The number of nitrogens with zero attached hydrogens (tertiary/aromatic N) is 3. The van der Waals surface area contributed by atoms with Crippen molar-refractivity contribution in [3.05, 3.63) is 82.4 Å². The molecule has 0 saturated heterocycles. The largest absolute Gasteiger partial charge is 0.291 e. The molecule has 0 aliphatic rings. The van der Waals surface area contributed by atoms with Crippen LogP contribution in [0.1, 0.15) is 20.7 Å². The van der Waals surface area contributed by atoms with Crippen molar-refractivity contribution in [2.45, 2.75) is 13.1 Å². The van der Waals surface area contributed by atoms with Crippen molar-refractivity contribution in [2.75, 3.05) is 0 Å². The van der Waals surface area contributed by atoms with E-state index in [-0.39, 0.29) is 24.7 Å². The zero-order valence-electron chi connectivity index (χ0n) is 13.1. The van der Waals surface area contributed by atoms with Crippen LogP contribution < -0.4 is 4.57 Å². The number of Topliss-reactive ketones (excluding diaryl/α,β-unsaturated/α-hetero) is 2. The topological polar surface area (TPSA) is 55.8 Å². The van der Waals surface area contributed by atoms with Gasteiger partial charge in [-0.1, -0.05) is 47.5 Å². The number of ketones is 2. The Morgan fingerprint density at radius 2 is 1.56 bits per heavy atom. The molecule has 2 aromatic carbocycles. The molecule has 0 aliphatic heterocycles. The van der Waals surface area contributed by atoms with E-state index in [9.17, 15) is 9.59 Å². The molecule has 5 nitrogen and oxygen atoms in total. The monoisotopic (exact) mass is 374 g/mol. The van der Waals surface area contributed by atoms with Gasteiger partial charge in [0, 0.05) is 26.3 Å². The molecule has 0 bridgehead atoms. The van der Waals surface area contributed by atoms with Gasteiger partial charge in [-0.05, 0) is 24.3 Å². The number of rotatable bonds is 6. The second kappa shape index (κ2) is 7.59. The first-order chi connectivity index (χ1) is 12.0. The summed E-state index contributed by atoms with van der Waals surface area (Å²) in [5, 5.41) is 5.14. The van der Waals surface area contributed by atoms with Gasteiger partial charge in [-0.15, -0.1) is 4.68 Å². The average molecular weight is 375 g/mol. The maximum Gasteiger partial charge on any atom is 0.265 e. The summed E-state index contributed by atoms with van der Waals surface area (Å²) >= 11 is 11.8. The molecule has 126 valence electrons. The Morgan fingerprint density at radius 1 is 0.960 bits per heavy atom. The Hall–Kier alpha value is -2.50. The van der Waals surface area contributed by atoms with Gasteiger partial charge in [0.05, 0.1) is 0 Å². The first-order valence-electron chi connectivity index (χ1n) is 7.50. The maximum absolute atomic E-state index is 12.3. The van der Waals surface area contributed by atoms with Crippen molar-refractivity contribution >= 4 is 34.8 Å². The molecule has 0 saturated carbocycles. The van der Waals surface area contributed by atoms with Crippen molar-refractivity contribution in [1.82, 2.24) is 9.78 Å². The predicted molar refractivity (Wildman–Crippen MR) is 94.0 cm³/mol. The molecule has 0 atom stereocenters. The Balaban J connectivity index is 1.66. The van der Waals surface area contributed by atoms with Crippen LogP contribution in [0, 0.1) is 0 Å². The van der Waals surface area contributed by atoms with Crippen LogP contribution >= 0.6 is 23.2 Å². The molecule has 0 amide bonds. The van der Waals surface area contributed by atoms with Crippen LogP contribution in [0.15, 0.2) is 61.2 Å². The molecule has 0 N–H and O–H groups in total. The first kappa shape index (κ1) is 17.3. The SMILES string of the molecule is O=C(Cn1c[n+](CC(=O)c2cccc(Cl)c2)cn1)c1cccc(Cl)c1. The van der Waals surface area contributed by atoms with E-state index in [0.717, 1.165) is 0 Å². The zero-order valence-corrected chi connectivity index (χ0v) is 14.6. The van der Waals surface area contributed by atoms with E-state index in [1.165, 1.54) is 11.0 Å². The number of carbonyl (C=O) groups is 2. The summed E-state index contributed by atoms with van der Waals surface area (Å²) < 4.78 is 3.10. The van der Waals surface area contributed by atoms with Crippen LogP contribution in [0.3, 0.4) is 0 Å². The first-order valence-corrected chi connectivity index (χ1v) is 8.26. The molecule has 7 heteroatoms. The van der Waals surface area contributed by atoms with E-state index in [1.54, 1.807) is 59.4 Å². The second-order valence-corrected chi connectivity index (χ2v) is 6.36. The Labute approximate surface area is 154 Å². The number of benzene rings is 2. The molecular weight excluding hydrogens is 361 g/mol. The Kier molecular flexibility index (Phi) is 5.26. The molecule has 0 unspecified atom stereocenters. The smallest absolute Gasteiger partial charge is 0.265 e. The summed E-state index contributed by atoms with van der Waals surface area (Å²) in [4.78, 5) is 24.5. The highest BCUT2D eigenvalue weighted by Gasteiger charge is 2.16. The van der Waals surface area contributed by atoms with Crippen LogP contribution in [0.5, 0.6) is 0 Å². The summed E-state index contributed by atoms with van der Waals surface area (Å²) in [6.45, 7) is 0.185. The minimum absolute atomic E-state index is 0.0682. The van der Waals surface area contributed by atoms with E-state index >= 15 is 0 Å². The van der Waals surface area contributed by atoms with Gasteiger partial charge in [-0.3, -0.25) is 9.59 Å². The van der Waals surface area contributed by atoms with Gasteiger partial charge in [0.2, 0.25) is 6.33 Å². The van der Waals surface area contributed by atoms with E-state index in [0.29, 0.717) is 21.2 Å². The highest BCUT2D eigenvalue weighted by Crippen LogP contribution is 2.12. The lowest BCUT2D eigenvalue weighted by molar-refractivity contribution is -0.683. The third kappa shape index (κ3) is 4.53. The minimum Gasteiger partial charge on any atom is -0.291 e. The summed E-state index contributed by atoms with van der Waals surface area (Å²) in [5.41, 5.74) is 1.05. The zero-order chi connectivity index (χ0) is 17.8. The van der Waals surface area contributed by atoms with Crippen LogP contribution in [0.25, 0.3) is 0 Å². The standard InChI is InChI=1S/C18H14Cl2N3O2/c19-15-5-1-3-13(7-15)17(24)9-22-11-21-23(12-22)10-18(25)14-4-2-6-16(20)8-14/h1-8,11-12H,9-10H2/q+1. The summed E-state index contributed by atoms with van der Waals surface area (Å²) in [5.74, 6) is -0.202. The molecule has 1 heterocycles. The third-order valence-corrected chi connectivity index (χ3v) is 4.03. The van der Waals surface area contributed by atoms with E-state index in [4.69, 9.17) is 23.2 Å². The highest BCUT2D eigenvalue weighted by molar-refractivity contribution is 6.31. The molecule has 0 radical (unpaired) electrons. The van der Waals surface area contributed by atoms with Gasteiger partial charge < -0.3 is 0 Å². The number of halogens is 2. The van der Waals surface area contributed by atoms with Crippen LogP contribution in [-0.4, -0.2) is 21.3 Å². The van der Waals surface area contributed by atoms with E-state index in [2.05, 4.69) is 5.10 Å². The number of hydrogen-bond donors (Lipinski definition) is 0. The van der Waals surface area contributed by atoms with Crippen molar-refractivity contribution in [3.8, 4) is 0 Å². The lowest BCUT2D eigenvalue weighted by Gasteiger charge is -1.99. The summed E-state index contributed by atoms with van der Waals surface area (Å²) in [6, 6.07) is 13.5. The molecule has 0 spiro atoms. The highest BCUT2D eigenvalue weighted by atomic mass is 35.5. The summed E-state index contributed by atoms with van der Waals surface area (Å²) in [6.07, 6.45) is 3.12. The number of hydrogen-bond acceptors (Lipinski definition) is 3. The minimum atomic E-state index is -0.112. The fraction of sp³-hybridized carbons (Fsp3) is 0.111. The van der Waals surface area contributed by atoms with Crippen molar-refractivity contribution in [2.24, 2.45) is 0 Å². The van der Waals surface area contributed by atoms with Gasteiger partial charge >= 0.3 is 0 Å². The molecular formula is C18H14Cl2N3O2+. The molecule has 0 aliphatic carbocycles. The quantitative estimate of drug-likeness (QED) is 0.491. The fourth-order valence-corrected chi connectivity index (χ4v) is 2.73. The van der Waals surface area contributed by atoms with Gasteiger partial charge in [0.15, 0.2) is 18.1 Å². The second-order valence-electron chi connectivity index (χ2n) is 5.48. The molecule has 3 aromatic rings. The maximum atomic E-state index is 12.3. The average Bonchev–Trinajstić information content (AvgIpc) is 3.01. The van der Waals surface area contributed by atoms with Crippen molar-refractivity contribution < 1.29 is 14.2 Å². The van der Waals surface area contributed by atoms with Crippen LogP contribution in [0.4, 0.5) is 0 Å². The van der Waals surface area contributed by atoms with Crippen molar-refractivity contribution in [3.63, 3.8) is 0 Å². The van der Waals surface area contributed by atoms with Gasteiger partial charge in [-0.25, -0.2) is 4.57 Å². The molecule has 3 rings (SSSR count). The van der Waals surface area contributed by atoms with Crippen molar-refractivity contribution in [1.29, 1.82) is 0 Å². The van der Waals surface area contributed by atoms with Crippen LogP contribution in [-0.2, 0) is 13.1 Å². The Bertz CT molecular complexity index is 863. The molecule has 1 aromatic heterocycles. The normalized spacial score (nSPS) is 10.6. The third-order valence-electron chi connectivity index (χ3n) is 3.55. The lowest BCUT2D eigenvalue weighted by atomic mass is 10.1. The lowest BCUT2D eigenvalue weighted by Crippen LogP contribution is -2.36. The van der Waals surface area contributed by atoms with Gasteiger partial charge in [-0.2, -0.15) is 0 Å². The Morgan fingerprint density at radius 3 is 2.16 bits per heavy atom. The predicted octanol–water partition coefficient (Wildman–Crippen LogP) is 3.24. The van der Waals surface area contributed by atoms with E-state index in [1.807, 2.05) is 0 Å². The number of aromatic nitrogens is 3. The summed E-state index contributed by atoms with van der Waals surface area (Å²) in [7, 11) is 0. The molecule has 25 heavy (non-hydrogen) atoms. The van der Waals surface area contributed by atoms with Crippen LogP contribution in [0.2, 0.25) is 10.0 Å². The fourth-order valence-electron chi connectivity index (χ4n) is 2.35. The molecule has 0 fully saturated rings. The van der Waals surface area contributed by atoms with E-state index < -0.39 is 0 Å². The number of carbonyl (C=O) groups excluding carboxylic acids is 2. The van der Waals surface area contributed by atoms with Gasteiger partial charge in [0.1, 0.15) is 6.54 Å².